The SMILES string of the molecule is CC(=O)OC(CC1OC1OC(C)C(F)(F)F)C1OC1OC(C(F)(F)F)C(F)(F)F. The first-order chi connectivity index (χ1) is 13.0. The quantitative estimate of drug-likeness (QED) is 0.322. The molecular weight excluding hydrogens is 435 g/mol. The molecule has 0 aromatic carbocycles. The number of hydrogen-bond donors (Lipinski definition) is 0. The highest BCUT2D eigenvalue weighted by Gasteiger charge is 2.63. The number of esters is 1. The van der Waals surface area contributed by atoms with Crippen LogP contribution in [0.25, 0.3) is 0 Å². The molecule has 2 saturated heterocycles. The van der Waals surface area contributed by atoms with Crippen molar-refractivity contribution in [1.29, 1.82) is 0 Å². The van der Waals surface area contributed by atoms with E-state index in [9.17, 15) is 44.3 Å². The Morgan fingerprint density at radius 2 is 1.45 bits per heavy atom. The van der Waals surface area contributed by atoms with Gasteiger partial charge >= 0.3 is 24.5 Å². The maximum Gasteiger partial charge on any atom is 0.423 e. The summed E-state index contributed by atoms with van der Waals surface area (Å²) < 4.78 is 135. The van der Waals surface area contributed by atoms with E-state index in [4.69, 9.17) is 9.47 Å². The zero-order chi connectivity index (χ0) is 22.4. The molecule has 2 aliphatic heterocycles. The van der Waals surface area contributed by atoms with E-state index < -0.39 is 67.6 Å². The summed E-state index contributed by atoms with van der Waals surface area (Å²) in [6.45, 7) is 1.62. The third-order valence-corrected chi connectivity index (χ3v) is 3.83. The number of hydrogen-bond acceptors (Lipinski definition) is 6. The molecule has 170 valence electrons. The van der Waals surface area contributed by atoms with Gasteiger partial charge in [0.15, 0.2) is 18.7 Å². The number of carbonyl (C=O) groups is 1. The Labute approximate surface area is 157 Å². The summed E-state index contributed by atoms with van der Waals surface area (Å²) in [7, 11) is 0. The number of ether oxygens (including phenoxy) is 5. The lowest BCUT2D eigenvalue weighted by molar-refractivity contribution is -0.329. The fourth-order valence-corrected chi connectivity index (χ4v) is 2.34. The average Bonchev–Trinajstić information content (AvgIpc) is 3.37. The Balaban J connectivity index is 1.93. The monoisotopic (exact) mass is 450 g/mol. The van der Waals surface area contributed by atoms with Crippen molar-refractivity contribution in [2.24, 2.45) is 0 Å². The van der Waals surface area contributed by atoms with E-state index in [-0.39, 0.29) is 6.42 Å². The minimum Gasteiger partial charge on any atom is -0.459 e. The zero-order valence-electron chi connectivity index (χ0n) is 14.6. The maximum atomic E-state index is 12.5. The van der Waals surface area contributed by atoms with E-state index in [0.717, 1.165) is 6.92 Å². The van der Waals surface area contributed by atoms with Crippen molar-refractivity contribution < 1.29 is 68.0 Å². The lowest BCUT2D eigenvalue weighted by Crippen LogP contribution is -2.45. The van der Waals surface area contributed by atoms with Gasteiger partial charge in [0.2, 0.25) is 0 Å². The normalized spacial score (nSPS) is 29.5. The van der Waals surface area contributed by atoms with Crippen molar-refractivity contribution in [2.75, 3.05) is 0 Å². The highest BCUT2D eigenvalue weighted by molar-refractivity contribution is 5.66. The topological polar surface area (TPSA) is 69.8 Å². The highest BCUT2D eigenvalue weighted by atomic mass is 19.4. The van der Waals surface area contributed by atoms with Gasteiger partial charge in [-0.3, -0.25) is 4.79 Å². The first kappa shape index (κ1) is 24.0. The van der Waals surface area contributed by atoms with Crippen molar-refractivity contribution in [2.45, 2.75) is 81.9 Å². The fourth-order valence-electron chi connectivity index (χ4n) is 2.34. The summed E-state index contributed by atoms with van der Waals surface area (Å²) in [5, 5.41) is 0. The Morgan fingerprint density at radius 1 is 0.897 bits per heavy atom. The van der Waals surface area contributed by atoms with Crippen LogP contribution in [0.2, 0.25) is 0 Å². The van der Waals surface area contributed by atoms with Crippen molar-refractivity contribution >= 4 is 5.97 Å². The number of rotatable bonds is 8. The zero-order valence-corrected chi connectivity index (χ0v) is 14.6. The molecule has 15 heteroatoms. The van der Waals surface area contributed by atoms with Crippen LogP contribution in [0.4, 0.5) is 39.5 Å². The third-order valence-electron chi connectivity index (χ3n) is 3.83. The molecule has 29 heavy (non-hydrogen) atoms. The van der Waals surface area contributed by atoms with E-state index in [1.165, 1.54) is 0 Å². The van der Waals surface area contributed by atoms with Crippen LogP contribution >= 0.6 is 0 Å². The minimum atomic E-state index is -5.77. The molecule has 0 aromatic heterocycles. The number of epoxide rings is 2. The predicted octanol–water partition coefficient (Wildman–Crippen LogP) is 3.24. The van der Waals surface area contributed by atoms with Crippen LogP contribution in [0.5, 0.6) is 0 Å². The molecule has 6 atom stereocenters. The standard InChI is InChI=1S/C14H15F9O6/c1-4(12(15,16)17)25-9-7(27-9)3-6(26-5(2)24)8-10(28-8)29-11(13(18,19)20)14(21,22)23/h4,6-11H,3H2,1-2H3. The van der Waals surface area contributed by atoms with Crippen molar-refractivity contribution in [1.82, 2.24) is 0 Å². The molecular formula is C14H15F9O6. The molecule has 0 saturated carbocycles. The molecule has 0 bridgehead atoms. The summed E-state index contributed by atoms with van der Waals surface area (Å²) in [5.41, 5.74) is 0. The van der Waals surface area contributed by atoms with Gasteiger partial charge in [-0.1, -0.05) is 0 Å². The smallest absolute Gasteiger partial charge is 0.423 e. The predicted molar refractivity (Wildman–Crippen MR) is 71.1 cm³/mol. The van der Waals surface area contributed by atoms with Gasteiger partial charge < -0.3 is 23.7 Å². The average molecular weight is 450 g/mol. The molecule has 6 nitrogen and oxygen atoms in total. The minimum absolute atomic E-state index is 0.387. The highest BCUT2D eigenvalue weighted by Crippen LogP contribution is 2.42. The van der Waals surface area contributed by atoms with Gasteiger partial charge in [0.25, 0.3) is 6.10 Å². The molecule has 0 aliphatic carbocycles. The van der Waals surface area contributed by atoms with Crippen molar-refractivity contribution in [3.05, 3.63) is 0 Å². The van der Waals surface area contributed by atoms with Crippen LogP contribution < -0.4 is 0 Å². The van der Waals surface area contributed by atoms with E-state index in [2.05, 4.69) is 14.2 Å². The number of alkyl halides is 9. The Morgan fingerprint density at radius 3 is 1.90 bits per heavy atom. The third kappa shape index (κ3) is 6.86. The summed E-state index contributed by atoms with van der Waals surface area (Å²) >= 11 is 0. The lowest BCUT2D eigenvalue weighted by Gasteiger charge is -2.22. The van der Waals surface area contributed by atoms with Crippen LogP contribution in [0, 0.1) is 0 Å². The molecule has 2 aliphatic rings. The lowest BCUT2D eigenvalue weighted by atomic mass is 10.1. The van der Waals surface area contributed by atoms with Crippen LogP contribution in [0.15, 0.2) is 0 Å². The second-order valence-electron chi connectivity index (χ2n) is 6.31. The van der Waals surface area contributed by atoms with Crippen LogP contribution in [0.3, 0.4) is 0 Å². The van der Waals surface area contributed by atoms with Gasteiger partial charge in [0, 0.05) is 13.3 Å². The molecule has 0 spiro atoms. The second-order valence-corrected chi connectivity index (χ2v) is 6.31. The molecule has 0 radical (unpaired) electrons. The summed E-state index contributed by atoms with van der Waals surface area (Å²) in [6, 6.07) is 0. The summed E-state index contributed by atoms with van der Waals surface area (Å²) in [4.78, 5) is 11.1. The first-order valence-corrected chi connectivity index (χ1v) is 7.99. The largest absolute Gasteiger partial charge is 0.459 e. The van der Waals surface area contributed by atoms with Gasteiger partial charge in [0.1, 0.15) is 18.3 Å². The van der Waals surface area contributed by atoms with E-state index >= 15 is 0 Å². The van der Waals surface area contributed by atoms with Crippen LogP contribution in [0.1, 0.15) is 20.3 Å². The number of halogens is 9. The molecule has 2 rings (SSSR count). The molecule has 2 heterocycles. The Bertz CT molecular complexity index is 576. The molecule has 6 unspecified atom stereocenters. The molecule has 0 amide bonds. The van der Waals surface area contributed by atoms with E-state index in [1.54, 1.807) is 0 Å². The fraction of sp³-hybridized carbons (Fsp3) is 0.929. The van der Waals surface area contributed by atoms with Gasteiger partial charge in [-0.05, 0) is 6.92 Å². The Hall–Kier alpha value is -1.32. The molecule has 2 fully saturated rings. The number of carbonyl (C=O) groups excluding carboxylic acids is 1. The van der Waals surface area contributed by atoms with Gasteiger partial charge in [-0.2, -0.15) is 39.5 Å². The van der Waals surface area contributed by atoms with E-state index in [1.807, 2.05) is 0 Å². The van der Waals surface area contributed by atoms with Crippen molar-refractivity contribution in [3.63, 3.8) is 0 Å². The van der Waals surface area contributed by atoms with Crippen LogP contribution in [-0.2, 0) is 28.5 Å². The maximum absolute atomic E-state index is 12.5. The molecule has 0 aromatic rings. The molecule has 0 N–H and O–H groups in total. The van der Waals surface area contributed by atoms with E-state index in [0.29, 0.717) is 6.92 Å². The summed E-state index contributed by atoms with van der Waals surface area (Å²) in [6.07, 6.45) is -30.2. The van der Waals surface area contributed by atoms with Gasteiger partial charge in [0.05, 0.1) is 0 Å². The summed E-state index contributed by atoms with van der Waals surface area (Å²) in [5.74, 6) is -0.950. The van der Waals surface area contributed by atoms with Crippen LogP contribution in [-0.4, -0.2) is 67.6 Å². The van der Waals surface area contributed by atoms with Gasteiger partial charge in [-0.25, -0.2) is 0 Å². The first-order valence-electron chi connectivity index (χ1n) is 7.99. The van der Waals surface area contributed by atoms with Crippen molar-refractivity contribution in [3.8, 4) is 0 Å². The second kappa shape index (κ2) is 8.07. The Kier molecular flexibility index (Phi) is 6.67. The van der Waals surface area contributed by atoms with Gasteiger partial charge in [-0.15, -0.1) is 0 Å².